The lowest BCUT2D eigenvalue weighted by Gasteiger charge is -2.15. The molecule has 3 rings (SSSR count). The Labute approximate surface area is 121 Å². The van der Waals surface area contributed by atoms with Crippen LogP contribution in [0.5, 0.6) is 0 Å². The highest BCUT2D eigenvalue weighted by Crippen LogP contribution is 2.18. The number of hydrogen-bond donors (Lipinski definition) is 2. The molecule has 1 aromatic heterocycles. The fourth-order valence-electron chi connectivity index (χ4n) is 2.22. The fourth-order valence-corrected chi connectivity index (χ4v) is 2.22. The molecule has 2 aromatic rings. The molecule has 0 spiro atoms. The number of carbonyl (C=O) groups excluding carboxylic acids is 2. The van der Waals surface area contributed by atoms with Crippen molar-refractivity contribution in [2.24, 2.45) is 0 Å². The molecule has 108 valence electrons. The molecule has 0 saturated carbocycles. The van der Waals surface area contributed by atoms with E-state index < -0.39 is 0 Å². The summed E-state index contributed by atoms with van der Waals surface area (Å²) in [6.07, 6.45) is 1.56. The van der Waals surface area contributed by atoms with E-state index in [1.165, 1.54) is 0 Å². The van der Waals surface area contributed by atoms with Crippen LogP contribution in [-0.2, 0) is 6.54 Å². The summed E-state index contributed by atoms with van der Waals surface area (Å²) in [5, 5.41) is 5.51. The molecule has 0 radical (unpaired) electrons. The third kappa shape index (κ3) is 2.89. The van der Waals surface area contributed by atoms with Crippen molar-refractivity contribution in [3.05, 3.63) is 54.0 Å². The van der Waals surface area contributed by atoms with Crippen molar-refractivity contribution < 1.29 is 14.0 Å². The van der Waals surface area contributed by atoms with E-state index in [4.69, 9.17) is 4.42 Å². The van der Waals surface area contributed by atoms with E-state index >= 15 is 0 Å². The lowest BCUT2D eigenvalue weighted by molar-refractivity contribution is 0.0948. The first-order valence-corrected chi connectivity index (χ1v) is 6.70. The van der Waals surface area contributed by atoms with Crippen LogP contribution in [0, 0.1) is 0 Å². The lowest BCUT2D eigenvalue weighted by Crippen LogP contribution is -2.28. The van der Waals surface area contributed by atoms with E-state index in [0.717, 1.165) is 5.69 Å². The van der Waals surface area contributed by atoms with E-state index in [1.54, 1.807) is 41.5 Å². The molecule has 21 heavy (non-hydrogen) atoms. The van der Waals surface area contributed by atoms with Crippen molar-refractivity contribution in [3.63, 3.8) is 0 Å². The van der Waals surface area contributed by atoms with Crippen molar-refractivity contribution in [1.82, 2.24) is 10.6 Å². The van der Waals surface area contributed by atoms with Gasteiger partial charge in [0.2, 0.25) is 0 Å². The van der Waals surface area contributed by atoms with Crippen LogP contribution in [0.2, 0.25) is 0 Å². The lowest BCUT2D eigenvalue weighted by atomic mass is 10.1. The number of amides is 3. The Morgan fingerprint density at radius 2 is 2.24 bits per heavy atom. The van der Waals surface area contributed by atoms with E-state index in [0.29, 0.717) is 31.0 Å². The minimum atomic E-state index is -0.201. The highest BCUT2D eigenvalue weighted by atomic mass is 16.3. The Morgan fingerprint density at radius 3 is 2.95 bits per heavy atom. The molecule has 1 saturated heterocycles. The SMILES string of the molecule is O=C(NCc1ccco1)c1cccc(N2CCNC2=O)c1. The summed E-state index contributed by atoms with van der Waals surface area (Å²) in [5.41, 5.74) is 1.23. The van der Waals surface area contributed by atoms with E-state index in [9.17, 15) is 9.59 Å². The second-order valence-electron chi connectivity index (χ2n) is 4.70. The highest BCUT2D eigenvalue weighted by Gasteiger charge is 2.21. The van der Waals surface area contributed by atoms with Crippen molar-refractivity contribution in [2.45, 2.75) is 6.54 Å². The van der Waals surface area contributed by atoms with Gasteiger partial charge >= 0.3 is 6.03 Å². The van der Waals surface area contributed by atoms with Crippen LogP contribution in [0.3, 0.4) is 0 Å². The minimum absolute atomic E-state index is 0.136. The van der Waals surface area contributed by atoms with Gasteiger partial charge in [0.25, 0.3) is 5.91 Å². The van der Waals surface area contributed by atoms with Crippen LogP contribution in [0.25, 0.3) is 0 Å². The van der Waals surface area contributed by atoms with Gasteiger partial charge in [-0.15, -0.1) is 0 Å². The van der Waals surface area contributed by atoms with Gasteiger partial charge in [-0.25, -0.2) is 4.79 Å². The number of benzene rings is 1. The average molecular weight is 285 g/mol. The smallest absolute Gasteiger partial charge is 0.321 e. The molecule has 6 heteroatoms. The number of anilines is 1. The maximum Gasteiger partial charge on any atom is 0.321 e. The Kier molecular flexibility index (Phi) is 3.59. The van der Waals surface area contributed by atoms with Gasteiger partial charge in [-0.05, 0) is 30.3 Å². The third-order valence-electron chi connectivity index (χ3n) is 3.28. The Morgan fingerprint density at radius 1 is 1.33 bits per heavy atom. The zero-order valence-corrected chi connectivity index (χ0v) is 11.3. The predicted molar refractivity (Wildman–Crippen MR) is 77.1 cm³/mol. The van der Waals surface area contributed by atoms with Gasteiger partial charge in [-0.1, -0.05) is 6.07 Å². The van der Waals surface area contributed by atoms with Crippen LogP contribution in [0.4, 0.5) is 10.5 Å². The number of carbonyl (C=O) groups is 2. The van der Waals surface area contributed by atoms with Crippen molar-refractivity contribution >= 4 is 17.6 Å². The first-order valence-electron chi connectivity index (χ1n) is 6.70. The molecular weight excluding hydrogens is 270 g/mol. The summed E-state index contributed by atoms with van der Waals surface area (Å²) >= 11 is 0. The third-order valence-corrected chi connectivity index (χ3v) is 3.28. The molecule has 2 N–H and O–H groups in total. The zero-order valence-electron chi connectivity index (χ0n) is 11.3. The van der Waals surface area contributed by atoms with Crippen molar-refractivity contribution in [1.29, 1.82) is 0 Å². The molecule has 1 aliphatic rings. The Balaban J connectivity index is 1.70. The number of furan rings is 1. The van der Waals surface area contributed by atoms with Crippen LogP contribution in [0.15, 0.2) is 47.1 Å². The van der Waals surface area contributed by atoms with Gasteiger partial charge in [0, 0.05) is 24.3 Å². The number of nitrogens with zero attached hydrogens (tertiary/aromatic N) is 1. The molecule has 2 heterocycles. The van der Waals surface area contributed by atoms with Crippen LogP contribution in [-0.4, -0.2) is 25.0 Å². The standard InChI is InChI=1S/C15H15N3O3/c19-14(17-10-13-5-2-8-21-13)11-3-1-4-12(9-11)18-7-6-16-15(18)20/h1-5,8-9H,6-7,10H2,(H,16,20)(H,17,19). The molecule has 1 aromatic carbocycles. The van der Waals surface area contributed by atoms with E-state index in [1.807, 2.05) is 6.07 Å². The number of urea groups is 1. The molecule has 0 aliphatic carbocycles. The zero-order chi connectivity index (χ0) is 14.7. The first-order chi connectivity index (χ1) is 10.2. The summed E-state index contributed by atoms with van der Waals surface area (Å²) in [6, 6.07) is 10.4. The van der Waals surface area contributed by atoms with Gasteiger partial charge < -0.3 is 15.1 Å². The number of hydrogen-bond acceptors (Lipinski definition) is 3. The van der Waals surface area contributed by atoms with Crippen molar-refractivity contribution in [2.75, 3.05) is 18.0 Å². The number of nitrogens with one attached hydrogen (secondary N) is 2. The normalized spacial score (nSPS) is 14.1. The second-order valence-corrected chi connectivity index (χ2v) is 4.70. The monoisotopic (exact) mass is 285 g/mol. The Bertz CT molecular complexity index is 652. The van der Waals surface area contributed by atoms with Crippen LogP contribution < -0.4 is 15.5 Å². The van der Waals surface area contributed by atoms with Crippen molar-refractivity contribution in [3.8, 4) is 0 Å². The molecule has 1 fully saturated rings. The maximum absolute atomic E-state index is 12.1. The van der Waals surface area contributed by atoms with Gasteiger partial charge in [0.15, 0.2) is 0 Å². The van der Waals surface area contributed by atoms with Gasteiger partial charge in [-0.2, -0.15) is 0 Å². The minimum Gasteiger partial charge on any atom is -0.467 e. The maximum atomic E-state index is 12.1. The fraction of sp³-hybridized carbons (Fsp3) is 0.200. The predicted octanol–water partition coefficient (Wildman–Crippen LogP) is 1.74. The van der Waals surface area contributed by atoms with Gasteiger partial charge in [-0.3, -0.25) is 9.69 Å². The van der Waals surface area contributed by atoms with E-state index in [-0.39, 0.29) is 11.9 Å². The van der Waals surface area contributed by atoms with Gasteiger partial charge in [0.05, 0.1) is 12.8 Å². The molecule has 6 nitrogen and oxygen atoms in total. The largest absolute Gasteiger partial charge is 0.467 e. The summed E-state index contributed by atoms with van der Waals surface area (Å²) in [7, 11) is 0. The molecular formula is C15H15N3O3. The first kappa shape index (κ1) is 13.2. The molecule has 1 aliphatic heterocycles. The summed E-state index contributed by atoms with van der Waals surface area (Å²) < 4.78 is 5.16. The summed E-state index contributed by atoms with van der Waals surface area (Å²) in [5.74, 6) is 0.492. The van der Waals surface area contributed by atoms with Crippen LogP contribution in [0.1, 0.15) is 16.1 Å². The molecule has 3 amide bonds. The summed E-state index contributed by atoms with van der Waals surface area (Å²) in [6.45, 7) is 1.56. The molecule has 0 atom stereocenters. The van der Waals surface area contributed by atoms with E-state index in [2.05, 4.69) is 10.6 Å². The molecule has 0 bridgehead atoms. The summed E-state index contributed by atoms with van der Waals surface area (Å²) in [4.78, 5) is 25.4. The highest BCUT2D eigenvalue weighted by molar-refractivity contribution is 5.98. The second kappa shape index (κ2) is 5.70. The average Bonchev–Trinajstić information content (AvgIpc) is 3.16. The topological polar surface area (TPSA) is 74.6 Å². The van der Waals surface area contributed by atoms with Crippen LogP contribution >= 0.6 is 0 Å². The Hall–Kier alpha value is -2.76. The number of rotatable bonds is 4. The quantitative estimate of drug-likeness (QED) is 0.898. The molecule has 0 unspecified atom stereocenters. The van der Waals surface area contributed by atoms with Gasteiger partial charge in [0.1, 0.15) is 5.76 Å².